The summed E-state index contributed by atoms with van der Waals surface area (Å²) in [6.07, 6.45) is -3.46. The van der Waals surface area contributed by atoms with Gasteiger partial charge in [0.25, 0.3) is 0 Å². The van der Waals surface area contributed by atoms with Crippen LogP contribution in [0.15, 0.2) is 0 Å². The zero-order chi connectivity index (χ0) is 16.3. The molecule has 7 heteroatoms. The smallest absolute Gasteiger partial charge is 0.391 e. The second-order valence-electron chi connectivity index (χ2n) is 6.58. The van der Waals surface area contributed by atoms with Crippen LogP contribution in [0, 0.1) is 11.8 Å². The summed E-state index contributed by atoms with van der Waals surface area (Å²) in [7, 11) is 0. The zero-order valence-corrected chi connectivity index (χ0v) is 13.0. The van der Waals surface area contributed by atoms with Crippen molar-refractivity contribution in [1.82, 2.24) is 9.80 Å². The summed E-state index contributed by atoms with van der Waals surface area (Å²) in [4.78, 5) is 16.2. The Bertz CT molecular complexity index is 379. The second-order valence-corrected chi connectivity index (χ2v) is 6.58. The third-order valence-electron chi connectivity index (χ3n) is 4.69. The maximum atomic E-state index is 12.8. The summed E-state index contributed by atoms with van der Waals surface area (Å²) in [6, 6.07) is 0. The van der Waals surface area contributed by atoms with Gasteiger partial charge in [-0.15, -0.1) is 0 Å². The zero-order valence-electron chi connectivity index (χ0n) is 13.0. The monoisotopic (exact) mass is 322 g/mol. The average Bonchev–Trinajstić information content (AvgIpc) is 2.46. The first kappa shape index (κ1) is 17.5. The van der Waals surface area contributed by atoms with Crippen LogP contribution in [0.1, 0.15) is 32.6 Å². The van der Waals surface area contributed by atoms with Gasteiger partial charge in [0.2, 0.25) is 5.91 Å². The molecule has 4 nitrogen and oxygen atoms in total. The molecule has 1 saturated heterocycles. The Morgan fingerprint density at radius 2 is 1.86 bits per heavy atom. The fourth-order valence-corrected chi connectivity index (χ4v) is 3.49. The molecule has 2 fully saturated rings. The highest BCUT2D eigenvalue weighted by molar-refractivity contribution is 5.79. The van der Waals surface area contributed by atoms with Gasteiger partial charge >= 0.3 is 6.18 Å². The number of hydrogen-bond acceptors (Lipinski definition) is 3. The van der Waals surface area contributed by atoms with Crippen molar-refractivity contribution in [2.45, 2.75) is 44.9 Å². The molecule has 1 saturated carbocycles. The summed E-state index contributed by atoms with van der Waals surface area (Å²) in [6.45, 7) is 4.72. The van der Waals surface area contributed by atoms with Gasteiger partial charge in [-0.3, -0.25) is 9.69 Å². The second kappa shape index (κ2) is 7.17. The molecule has 1 amide bonds. The van der Waals surface area contributed by atoms with Gasteiger partial charge in [-0.05, 0) is 26.2 Å². The van der Waals surface area contributed by atoms with Gasteiger partial charge in [-0.1, -0.05) is 6.42 Å². The lowest BCUT2D eigenvalue weighted by atomic mass is 9.80. The summed E-state index contributed by atoms with van der Waals surface area (Å²) < 4.78 is 38.5. The first-order valence-electron chi connectivity index (χ1n) is 8.03. The predicted octanol–water partition coefficient (Wildman–Crippen LogP) is 1.88. The van der Waals surface area contributed by atoms with Crippen LogP contribution in [0.4, 0.5) is 13.2 Å². The normalized spacial score (nSPS) is 29.4. The number of piperazine rings is 1. The van der Waals surface area contributed by atoms with E-state index < -0.39 is 24.1 Å². The molecule has 2 aliphatic rings. The number of aliphatic hydroxyl groups is 1. The molecule has 1 heterocycles. The number of β-amino-alcohol motifs (C(OH)–C–C–N with tert-alkyl or cyclic N) is 1. The van der Waals surface area contributed by atoms with Crippen molar-refractivity contribution >= 4 is 5.91 Å². The minimum atomic E-state index is -4.19. The fourth-order valence-electron chi connectivity index (χ4n) is 3.49. The maximum Gasteiger partial charge on any atom is 0.391 e. The summed E-state index contributed by atoms with van der Waals surface area (Å²) in [5, 5.41) is 9.36. The highest BCUT2D eigenvalue weighted by Gasteiger charge is 2.44. The molecule has 0 aromatic heterocycles. The van der Waals surface area contributed by atoms with Crippen LogP contribution < -0.4 is 0 Å². The third kappa shape index (κ3) is 4.59. The van der Waals surface area contributed by atoms with Crippen molar-refractivity contribution in [1.29, 1.82) is 0 Å². The van der Waals surface area contributed by atoms with Gasteiger partial charge in [0, 0.05) is 38.6 Å². The van der Waals surface area contributed by atoms with Crippen LogP contribution in [0.3, 0.4) is 0 Å². The summed E-state index contributed by atoms with van der Waals surface area (Å²) in [5.41, 5.74) is 0. The molecule has 128 valence electrons. The number of rotatable bonds is 3. The lowest BCUT2D eigenvalue weighted by Crippen LogP contribution is -2.52. The number of alkyl halides is 3. The summed E-state index contributed by atoms with van der Waals surface area (Å²) >= 11 is 0. The Labute approximate surface area is 129 Å². The molecule has 0 radical (unpaired) electrons. The molecule has 1 aliphatic carbocycles. The van der Waals surface area contributed by atoms with Crippen LogP contribution in [0.5, 0.6) is 0 Å². The van der Waals surface area contributed by atoms with E-state index >= 15 is 0 Å². The Balaban J connectivity index is 1.84. The highest BCUT2D eigenvalue weighted by atomic mass is 19.4. The van der Waals surface area contributed by atoms with E-state index in [1.54, 1.807) is 11.8 Å². The number of carbonyl (C=O) groups is 1. The van der Waals surface area contributed by atoms with E-state index in [0.29, 0.717) is 45.6 Å². The van der Waals surface area contributed by atoms with Crippen molar-refractivity contribution in [3.8, 4) is 0 Å². The van der Waals surface area contributed by atoms with Crippen molar-refractivity contribution in [2.24, 2.45) is 11.8 Å². The molecule has 1 N–H and O–H groups in total. The van der Waals surface area contributed by atoms with Crippen LogP contribution in [-0.4, -0.2) is 65.8 Å². The number of nitrogens with zero attached hydrogens (tertiary/aromatic N) is 2. The van der Waals surface area contributed by atoms with Crippen LogP contribution in [0.2, 0.25) is 0 Å². The maximum absolute atomic E-state index is 12.8. The molecule has 0 aromatic carbocycles. The van der Waals surface area contributed by atoms with E-state index in [-0.39, 0.29) is 18.7 Å². The Morgan fingerprint density at radius 3 is 2.41 bits per heavy atom. The van der Waals surface area contributed by atoms with Gasteiger partial charge in [-0.25, -0.2) is 0 Å². The predicted molar refractivity (Wildman–Crippen MR) is 76.2 cm³/mol. The number of halogens is 3. The lowest BCUT2D eigenvalue weighted by Gasteiger charge is -2.38. The number of aliphatic hydroxyl groups excluding tert-OH is 1. The molecular weight excluding hydrogens is 297 g/mol. The van der Waals surface area contributed by atoms with Gasteiger partial charge in [0.15, 0.2) is 0 Å². The molecule has 2 rings (SSSR count). The van der Waals surface area contributed by atoms with E-state index in [0.717, 1.165) is 0 Å². The molecule has 0 unspecified atom stereocenters. The fraction of sp³-hybridized carbons (Fsp3) is 0.933. The first-order chi connectivity index (χ1) is 10.3. The van der Waals surface area contributed by atoms with Crippen molar-refractivity contribution in [3.05, 3.63) is 0 Å². The topological polar surface area (TPSA) is 43.8 Å². The molecular formula is C15H25F3N2O2. The van der Waals surface area contributed by atoms with E-state index in [4.69, 9.17) is 0 Å². The third-order valence-corrected chi connectivity index (χ3v) is 4.69. The Morgan fingerprint density at radius 1 is 1.23 bits per heavy atom. The highest BCUT2D eigenvalue weighted by Crippen LogP contribution is 2.40. The summed E-state index contributed by atoms with van der Waals surface area (Å²) in [5.74, 6) is -1.93. The molecule has 0 spiro atoms. The van der Waals surface area contributed by atoms with Crippen molar-refractivity contribution in [2.75, 3.05) is 32.7 Å². The minimum absolute atomic E-state index is 0.0593. The van der Waals surface area contributed by atoms with Gasteiger partial charge in [0.1, 0.15) is 0 Å². The molecule has 0 bridgehead atoms. The lowest BCUT2D eigenvalue weighted by molar-refractivity contribution is -0.187. The van der Waals surface area contributed by atoms with Crippen LogP contribution in [0.25, 0.3) is 0 Å². The quantitative estimate of drug-likeness (QED) is 0.863. The molecule has 22 heavy (non-hydrogen) atoms. The van der Waals surface area contributed by atoms with Crippen LogP contribution >= 0.6 is 0 Å². The van der Waals surface area contributed by atoms with Gasteiger partial charge in [0.05, 0.1) is 12.0 Å². The number of amides is 1. The number of hydrogen-bond donors (Lipinski definition) is 1. The van der Waals surface area contributed by atoms with Crippen molar-refractivity contribution in [3.63, 3.8) is 0 Å². The Kier molecular flexibility index (Phi) is 5.71. The molecule has 1 aliphatic heterocycles. The van der Waals surface area contributed by atoms with Gasteiger partial charge < -0.3 is 10.0 Å². The van der Waals surface area contributed by atoms with E-state index in [9.17, 15) is 23.1 Å². The minimum Gasteiger partial charge on any atom is -0.392 e. The van der Waals surface area contributed by atoms with Gasteiger partial charge in [-0.2, -0.15) is 13.2 Å². The largest absolute Gasteiger partial charge is 0.392 e. The molecule has 3 atom stereocenters. The van der Waals surface area contributed by atoms with E-state index in [1.807, 2.05) is 0 Å². The Hall–Kier alpha value is -0.820. The number of carbonyl (C=O) groups excluding carboxylic acids is 1. The molecule has 0 aromatic rings. The first-order valence-corrected chi connectivity index (χ1v) is 8.03. The SMILES string of the molecule is C[C@H](O)CN1CCN(C(=O)[C@H]2CCC[C@@H](C(F)(F)F)C2)CC1. The van der Waals surface area contributed by atoms with E-state index in [2.05, 4.69) is 4.90 Å². The van der Waals surface area contributed by atoms with Crippen molar-refractivity contribution < 1.29 is 23.1 Å². The average molecular weight is 322 g/mol. The van der Waals surface area contributed by atoms with Crippen LogP contribution in [-0.2, 0) is 4.79 Å². The standard InChI is InChI=1S/C15H25F3N2O2/c1-11(21)10-19-5-7-20(8-6-19)14(22)12-3-2-4-13(9-12)15(16,17)18/h11-13,21H,2-10H2,1H3/t11-,12-,13+/m0/s1. The van der Waals surface area contributed by atoms with E-state index in [1.165, 1.54) is 0 Å².